The predicted octanol–water partition coefficient (Wildman–Crippen LogP) is 2.35. The van der Waals surface area contributed by atoms with Crippen molar-refractivity contribution in [3.05, 3.63) is 47.8 Å². The zero-order valence-corrected chi connectivity index (χ0v) is 8.78. The first-order valence-electron chi connectivity index (χ1n) is 4.93. The fourth-order valence-corrected chi connectivity index (χ4v) is 1.44. The SMILES string of the molecule is NCc1cccc(-n2ccc(C(F)(F)F)n2)c1. The van der Waals surface area contributed by atoms with Crippen LogP contribution in [-0.2, 0) is 12.7 Å². The zero-order chi connectivity index (χ0) is 12.5. The molecule has 1 aromatic carbocycles. The van der Waals surface area contributed by atoms with Crippen LogP contribution in [0.25, 0.3) is 5.69 Å². The highest BCUT2D eigenvalue weighted by Crippen LogP contribution is 2.27. The first kappa shape index (κ1) is 11.7. The van der Waals surface area contributed by atoms with Crippen LogP contribution in [-0.4, -0.2) is 9.78 Å². The summed E-state index contributed by atoms with van der Waals surface area (Å²) >= 11 is 0. The molecule has 0 bridgehead atoms. The first-order chi connectivity index (χ1) is 8.00. The van der Waals surface area contributed by atoms with Gasteiger partial charge < -0.3 is 5.73 Å². The maximum atomic E-state index is 12.4. The molecule has 0 saturated heterocycles. The van der Waals surface area contributed by atoms with Gasteiger partial charge in [0.05, 0.1) is 5.69 Å². The summed E-state index contributed by atoms with van der Waals surface area (Å²) in [5.41, 5.74) is 5.95. The monoisotopic (exact) mass is 241 g/mol. The van der Waals surface area contributed by atoms with Crippen LogP contribution in [0.5, 0.6) is 0 Å². The van der Waals surface area contributed by atoms with Gasteiger partial charge in [-0.2, -0.15) is 18.3 Å². The second-order valence-electron chi connectivity index (χ2n) is 3.52. The Morgan fingerprint density at radius 1 is 1.24 bits per heavy atom. The largest absolute Gasteiger partial charge is 0.435 e. The van der Waals surface area contributed by atoms with Crippen LogP contribution in [0.1, 0.15) is 11.3 Å². The van der Waals surface area contributed by atoms with Crippen LogP contribution >= 0.6 is 0 Å². The van der Waals surface area contributed by atoms with Gasteiger partial charge in [0.15, 0.2) is 5.69 Å². The van der Waals surface area contributed by atoms with Crippen LogP contribution < -0.4 is 5.73 Å². The molecule has 2 rings (SSSR count). The lowest BCUT2D eigenvalue weighted by Crippen LogP contribution is -2.07. The van der Waals surface area contributed by atoms with Crippen molar-refractivity contribution in [1.29, 1.82) is 0 Å². The normalized spacial score (nSPS) is 11.8. The average molecular weight is 241 g/mol. The van der Waals surface area contributed by atoms with Crippen molar-refractivity contribution in [2.24, 2.45) is 5.73 Å². The van der Waals surface area contributed by atoms with Gasteiger partial charge >= 0.3 is 6.18 Å². The van der Waals surface area contributed by atoms with E-state index >= 15 is 0 Å². The lowest BCUT2D eigenvalue weighted by atomic mass is 10.2. The lowest BCUT2D eigenvalue weighted by molar-refractivity contribution is -0.141. The van der Waals surface area contributed by atoms with E-state index in [1.807, 2.05) is 0 Å². The molecule has 0 fully saturated rings. The Labute approximate surface area is 95.7 Å². The standard InChI is InChI=1S/C11H10F3N3/c12-11(13,14)10-4-5-17(16-10)9-3-1-2-8(6-9)7-15/h1-6H,7,15H2. The molecule has 0 amide bonds. The molecule has 90 valence electrons. The molecular formula is C11H10F3N3. The van der Waals surface area contributed by atoms with Gasteiger partial charge in [0, 0.05) is 12.7 Å². The van der Waals surface area contributed by atoms with E-state index in [0.717, 1.165) is 11.6 Å². The lowest BCUT2D eigenvalue weighted by Gasteiger charge is -2.04. The van der Waals surface area contributed by atoms with Crippen molar-refractivity contribution in [1.82, 2.24) is 9.78 Å². The molecule has 0 aliphatic rings. The Hall–Kier alpha value is -1.82. The van der Waals surface area contributed by atoms with Crippen LogP contribution in [0.4, 0.5) is 13.2 Å². The molecule has 6 heteroatoms. The molecule has 0 unspecified atom stereocenters. The van der Waals surface area contributed by atoms with Crippen molar-refractivity contribution in [3.8, 4) is 5.69 Å². The minimum atomic E-state index is -4.42. The molecule has 17 heavy (non-hydrogen) atoms. The minimum Gasteiger partial charge on any atom is -0.326 e. The average Bonchev–Trinajstić information content (AvgIpc) is 2.78. The highest BCUT2D eigenvalue weighted by atomic mass is 19.4. The van der Waals surface area contributed by atoms with Crippen molar-refractivity contribution in [2.45, 2.75) is 12.7 Å². The van der Waals surface area contributed by atoms with Gasteiger partial charge in [-0.1, -0.05) is 12.1 Å². The van der Waals surface area contributed by atoms with Crippen LogP contribution in [0.15, 0.2) is 36.5 Å². The van der Waals surface area contributed by atoms with Crippen molar-refractivity contribution in [3.63, 3.8) is 0 Å². The molecule has 0 aliphatic carbocycles. The summed E-state index contributed by atoms with van der Waals surface area (Å²) in [4.78, 5) is 0. The second kappa shape index (κ2) is 4.21. The van der Waals surface area contributed by atoms with Crippen molar-refractivity contribution < 1.29 is 13.2 Å². The van der Waals surface area contributed by atoms with Gasteiger partial charge in [-0.05, 0) is 23.8 Å². The smallest absolute Gasteiger partial charge is 0.326 e. The van der Waals surface area contributed by atoms with E-state index in [1.165, 1.54) is 10.9 Å². The zero-order valence-electron chi connectivity index (χ0n) is 8.78. The molecule has 3 nitrogen and oxygen atoms in total. The molecule has 0 spiro atoms. The number of nitrogens with two attached hydrogens (primary N) is 1. The van der Waals surface area contributed by atoms with E-state index in [-0.39, 0.29) is 0 Å². The maximum Gasteiger partial charge on any atom is 0.435 e. The number of nitrogens with zero attached hydrogens (tertiary/aromatic N) is 2. The number of hydrogen-bond acceptors (Lipinski definition) is 2. The fourth-order valence-electron chi connectivity index (χ4n) is 1.44. The molecule has 0 atom stereocenters. The van der Waals surface area contributed by atoms with E-state index in [4.69, 9.17) is 5.73 Å². The summed E-state index contributed by atoms with van der Waals surface area (Å²) in [6.45, 7) is 0.335. The van der Waals surface area contributed by atoms with Gasteiger partial charge in [0.1, 0.15) is 0 Å². The van der Waals surface area contributed by atoms with Crippen molar-refractivity contribution in [2.75, 3.05) is 0 Å². The fraction of sp³-hybridized carbons (Fsp3) is 0.182. The molecule has 2 aromatic rings. The van der Waals surface area contributed by atoms with Crippen LogP contribution in [0.3, 0.4) is 0 Å². The van der Waals surface area contributed by atoms with Crippen LogP contribution in [0, 0.1) is 0 Å². The summed E-state index contributed by atoms with van der Waals surface area (Å²) < 4.78 is 38.3. The van der Waals surface area contributed by atoms with E-state index in [1.54, 1.807) is 24.3 Å². The molecule has 0 aliphatic heterocycles. The second-order valence-corrected chi connectivity index (χ2v) is 3.52. The predicted molar refractivity (Wildman–Crippen MR) is 56.5 cm³/mol. The quantitative estimate of drug-likeness (QED) is 0.877. The van der Waals surface area contributed by atoms with E-state index in [0.29, 0.717) is 12.2 Å². The van der Waals surface area contributed by atoms with Gasteiger partial charge in [-0.25, -0.2) is 4.68 Å². The number of halogens is 3. The molecule has 1 aromatic heterocycles. The van der Waals surface area contributed by atoms with Crippen molar-refractivity contribution >= 4 is 0 Å². The topological polar surface area (TPSA) is 43.8 Å². The third-order valence-corrected chi connectivity index (χ3v) is 2.29. The Morgan fingerprint density at radius 3 is 2.59 bits per heavy atom. The summed E-state index contributed by atoms with van der Waals surface area (Å²) in [5, 5.41) is 3.48. The number of rotatable bonds is 2. The molecule has 0 radical (unpaired) electrons. The third-order valence-electron chi connectivity index (χ3n) is 2.29. The van der Waals surface area contributed by atoms with E-state index < -0.39 is 11.9 Å². The van der Waals surface area contributed by atoms with Gasteiger partial charge in [0.2, 0.25) is 0 Å². The number of benzene rings is 1. The van der Waals surface area contributed by atoms with Crippen LogP contribution in [0.2, 0.25) is 0 Å². The summed E-state index contributed by atoms with van der Waals surface area (Å²) in [6, 6.07) is 7.85. The number of aromatic nitrogens is 2. The summed E-state index contributed by atoms with van der Waals surface area (Å²) in [6.07, 6.45) is -3.14. The Morgan fingerprint density at radius 2 is 2.00 bits per heavy atom. The molecule has 1 heterocycles. The Balaban J connectivity index is 2.37. The van der Waals surface area contributed by atoms with E-state index in [2.05, 4.69) is 5.10 Å². The number of hydrogen-bond donors (Lipinski definition) is 1. The van der Waals surface area contributed by atoms with Gasteiger partial charge in [-0.3, -0.25) is 0 Å². The van der Waals surface area contributed by atoms with E-state index in [9.17, 15) is 13.2 Å². The Kier molecular flexibility index (Phi) is 2.89. The Bertz CT molecular complexity index is 517. The summed E-state index contributed by atoms with van der Waals surface area (Å²) in [7, 11) is 0. The number of alkyl halides is 3. The highest BCUT2D eigenvalue weighted by molar-refractivity contribution is 5.35. The third kappa shape index (κ3) is 2.47. The molecule has 2 N–H and O–H groups in total. The minimum absolute atomic E-state index is 0.335. The first-order valence-corrected chi connectivity index (χ1v) is 4.93. The highest BCUT2D eigenvalue weighted by Gasteiger charge is 2.33. The molecule has 0 saturated carbocycles. The maximum absolute atomic E-state index is 12.4. The summed E-state index contributed by atoms with van der Waals surface area (Å²) in [5.74, 6) is 0. The van der Waals surface area contributed by atoms with Gasteiger partial charge in [0.25, 0.3) is 0 Å². The van der Waals surface area contributed by atoms with Gasteiger partial charge in [-0.15, -0.1) is 0 Å². The molecular weight excluding hydrogens is 231 g/mol.